The number of benzene rings is 1. The van der Waals surface area contributed by atoms with Crippen molar-refractivity contribution in [3.63, 3.8) is 0 Å². The molecule has 9 nitrogen and oxygen atoms in total. The summed E-state index contributed by atoms with van der Waals surface area (Å²) < 4.78 is 20.7. The number of nitrogens with one attached hydrogen (secondary N) is 1. The molecule has 0 spiro atoms. The third kappa shape index (κ3) is 4.72. The highest BCUT2D eigenvalue weighted by molar-refractivity contribution is 6.01. The molecule has 1 N–H and O–H groups in total. The number of hydrogen-bond acceptors (Lipinski definition) is 7. The summed E-state index contributed by atoms with van der Waals surface area (Å²) in [5.74, 6) is -0.587. The smallest absolute Gasteiger partial charge is 0.328 e. The Hall–Kier alpha value is -2.97. The molecule has 2 atom stereocenters. The molecule has 1 aliphatic rings. The van der Waals surface area contributed by atoms with E-state index in [0.717, 1.165) is 0 Å². The molecule has 1 heterocycles. The van der Waals surface area contributed by atoms with Crippen molar-refractivity contribution in [2.45, 2.75) is 26.3 Å². The average Bonchev–Trinajstić information content (AvgIpc) is 3.11. The van der Waals surface area contributed by atoms with Crippen LogP contribution in [0.2, 0.25) is 0 Å². The first-order valence-electron chi connectivity index (χ1n) is 9.25. The van der Waals surface area contributed by atoms with Crippen LogP contribution < -0.4 is 24.4 Å². The monoisotopic (exact) mass is 408 g/mol. The number of carbonyl (C=O) groups excluding carboxylic acids is 3. The van der Waals surface area contributed by atoms with Crippen molar-refractivity contribution in [1.29, 1.82) is 0 Å². The van der Waals surface area contributed by atoms with Gasteiger partial charge in [0.2, 0.25) is 17.6 Å². The second kappa shape index (κ2) is 9.49. The van der Waals surface area contributed by atoms with Crippen molar-refractivity contribution in [2.75, 3.05) is 39.9 Å². The van der Waals surface area contributed by atoms with E-state index in [1.807, 2.05) is 13.8 Å². The van der Waals surface area contributed by atoms with E-state index < -0.39 is 17.9 Å². The first kappa shape index (κ1) is 22.3. The van der Waals surface area contributed by atoms with Crippen LogP contribution in [0.3, 0.4) is 0 Å². The number of amides is 2. The third-order valence-electron chi connectivity index (χ3n) is 4.88. The molecule has 1 saturated heterocycles. The van der Waals surface area contributed by atoms with Gasteiger partial charge >= 0.3 is 5.97 Å². The molecule has 0 saturated carbocycles. The van der Waals surface area contributed by atoms with Gasteiger partial charge in [-0.2, -0.15) is 0 Å². The van der Waals surface area contributed by atoms with Crippen LogP contribution in [0.5, 0.6) is 17.2 Å². The van der Waals surface area contributed by atoms with Crippen molar-refractivity contribution in [3.8, 4) is 17.2 Å². The lowest BCUT2D eigenvalue weighted by molar-refractivity contribution is -0.146. The Morgan fingerprint density at radius 1 is 1.07 bits per heavy atom. The maximum absolute atomic E-state index is 12.7. The van der Waals surface area contributed by atoms with E-state index in [1.54, 1.807) is 12.1 Å². The van der Waals surface area contributed by atoms with Crippen molar-refractivity contribution in [2.24, 2.45) is 11.8 Å². The summed E-state index contributed by atoms with van der Waals surface area (Å²) in [5.41, 5.74) is 0.535. The molecular weight excluding hydrogens is 380 g/mol. The summed E-state index contributed by atoms with van der Waals surface area (Å²) in [6.07, 6.45) is 0.0362. The normalized spacial score (nSPS) is 17.1. The lowest BCUT2D eigenvalue weighted by Gasteiger charge is -2.22. The Labute approximate surface area is 170 Å². The van der Waals surface area contributed by atoms with Gasteiger partial charge < -0.3 is 29.2 Å². The number of methoxy groups -OCH3 is 4. The van der Waals surface area contributed by atoms with Crippen LogP contribution in [0.1, 0.15) is 20.3 Å². The van der Waals surface area contributed by atoms with Gasteiger partial charge in [-0.15, -0.1) is 0 Å². The molecule has 0 bridgehead atoms. The second-order valence-corrected chi connectivity index (χ2v) is 7.04. The number of rotatable bonds is 8. The average molecular weight is 408 g/mol. The summed E-state index contributed by atoms with van der Waals surface area (Å²) in [5, 5.41) is 2.70. The molecule has 0 radical (unpaired) electrons. The molecule has 29 heavy (non-hydrogen) atoms. The molecule has 2 amide bonds. The van der Waals surface area contributed by atoms with E-state index in [0.29, 0.717) is 22.9 Å². The Morgan fingerprint density at radius 3 is 2.10 bits per heavy atom. The minimum atomic E-state index is -0.766. The Bertz CT molecular complexity index is 753. The summed E-state index contributed by atoms with van der Waals surface area (Å²) >= 11 is 0. The van der Waals surface area contributed by atoms with Crippen molar-refractivity contribution >= 4 is 23.5 Å². The summed E-state index contributed by atoms with van der Waals surface area (Å²) in [7, 11) is 5.74. The zero-order chi connectivity index (χ0) is 21.7. The molecule has 1 aromatic carbocycles. The van der Waals surface area contributed by atoms with Crippen LogP contribution in [0, 0.1) is 11.8 Å². The highest BCUT2D eigenvalue weighted by atomic mass is 16.5. The maximum atomic E-state index is 12.7. The van der Waals surface area contributed by atoms with Crippen molar-refractivity contribution in [1.82, 2.24) is 5.32 Å². The van der Waals surface area contributed by atoms with Crippen molar-refractivity contribution in [3.05, 3.63) is 12.1 Å². The fourth-order valence-corrected chi connectivity index (χ4v) is 3.25. The molecule has 1 fully saturated rings. The van der Waals surface area contributed by atoms with E-state index in [4.69, 9.17) is 18.9 Å². The van der Waals surface area contributed by atoms with Gasteiger partial charge in [-0.3, -0.25) is 9.59 Å². The lowest BCUT2D eigenvalue weighted by atomic mass is 10.0. The predicted molar refractivity (Wildman–Crippen MR) is 105 cm³/mol. The zero-order valence-electron chi connectivity index (χ0n) is 17.6. The molecule has 1 unspecified atom stereocenters. The van der Waals surface area contributed by atoms with Crippen LogP contribution in [0.25, 0.3) is 0 Å². The van der Waals surface area contributed by atoms with Crippen LogP contribution in [0.15, 0.2) is 12.1 Å². The van der Waals surface area contributed by atoms with Gasteiger partial charge in [-0.1, -0.05) is 13.8 Å². The topological polar surface area (TPSA) is 103 Å². The first-order chi connectivity index (χ1) is 13.8. The molecule has 1 aliphatic heterocycles. The summed E-state index contributed by atoms with van der Waals surface area (Å²) in [6, 6.07) is 2.55. The molecular formula is C20H28N2O7. The van der Waals surface area contributed by atoms with E-state index in [2.05, 4.69) is 5.32 Å². The van der Waals surface area contributed by atoms with Gasteiger partial charge in [0.25, 0.3) is 0 Å². The standard InChI is InChI=1S/C20H28N2O7/c1-11(2)17(20(25)29-6)21-19(24)12-7-16(23)22(10-12)13-8-14(26-3)18(28-5)15(9-13)27-4/h8-9,11-12,17H,7,10H2,1-6H3,(H,21,24)/t12?,17-/m0/s1. The van der Waals surface area contributed by atoms with Crippen molar-refractivity contribution < 1.29 is 33.3 Å². The van der Waals surface area contributed by atoms with E-state index in [9.17, 15) is 14.4 Å². The minimum absolute atomic E-state index is 0.0362. The quantitative estimate of drug-likeness (QED) is 0.648. The predicted octanol–water partition coefficient (Wildman–Crippen LogP) is 1.38. The highest BCUT2D eigenvalue weighted by Gasteiger charge is 2.38. The SMILES string of the molecule is COC(=O)[C@@H](NC(=O)C1CC(=O)N(c2cc(OC)c(OC)c(OC)c2)C1)C(C)C. The van der Waals surface area contributed by atoms with E-state index in [1.165, 1.54) is 33.3 Å². The largest absolute Gasteiger partial charge is 0.493 e. The second-order valence-electron chi connectivity index (χ2n) is 7.04. The number of hydrogen-bond donors (Lipinski definition) is 1. The van der Waals surface area contributed by atoms with Gasteiger partial charge in [0.05, 0.1) is 40.0 Å². The summed E-state index contributed by atoms with van der Waals surface area (Å²) in [6.45, 7) is 3.79. The van der Waals surface area contributed by atoms with Crippen LogP contribution >= 0.6 is 0 Å². The van der Waals surface area contributed by atoms with Gasteiger partial charge in [-0.05, 0) is 5.92 Å². The molecule has 0 aliphatic carbocycles. The fraction of sp³-hybridized carbons (Fsp3) is 0.550. The molecule has 160 valence electrons. The Balaban J connectivity index is 2.22. The molecule has 9 heteroatoms. The number of carbonyl (C=O) groups is 3. The minimum Gasteiger partial charge on any atom is -0.493 e. The summed E-state index contributed by atoms with van der Waals surface area (Å²) in [4.78, 5) is 38.7. The van der Waals surface area contributed by atoms with E-state index >= 15 is 0 Å². The van der Waals surface area contributed by atoms with Crippen LogP contribution in [-0.4, -0.2) is 58.8 Å². The number of anilines is 1. The third-order valence-corrected chi connectivity index (χ3v) is 4.88. The Morgan fingerprint density at radius 2 is 1.66 bits per heavy atom. The lowest BCUT2D eigenvalue weighted by Crippen LogP contribution is -2.47. The number of nitrogens with zero attached hydrogens (tertiary/aromatic N) is 1. The maximum Gasteiger partial charge on any atom is 0.328 e. The van der Waals surface area contributed by atoms with E-state index in [-0.39, 0.29) is 30.7 Å². The molecule has 2 rings (SSSR count). The van der Waals surface area contributed by atoms with Gasteiger partial charge in [-0.25, -0.2) is 4.79 Å². The highest BCUT2D eigenvalue weighted by Crippen LogP contribution is 2.42. The zero-order valence-corrected chi connectivity index (χ0v) is 17.6. The van der Waals surface area contributed by atoms with Gasteiger partial charge in [0.1, 0.15) is 6.04 Å². The number of esters is 1. The first-order valence-corrected chi connectivity index (χ1v) is 9.25. The number of ether oxygens (including phenoxy) is 4. The molecule has 0 aromatic heterocycles. The Kier molecular flexibility index (Phi) is 7.30. The van der Waals surface area contributed by atoms with Gasteiger partial charge in [0, 0.05) is 25.1 Å². The fourth-order valence-electron chi connectivity index (χ4n) is 3.25. The van der Waals surface area contributed by atoms with Crippen LogP contribution in [0.4, 0.5) is 5.69 Å². The molecule has 1 aromatic rings. The van der Waals surface area contributed by atoms with Gasteiger partial charge in [0.15, 0.2) is 11.5 Å². The van der Waals surface area contributed by atoms with Crippen LogP contribution in [-0.2, 0) is 19.1 Å².